The first-order valence-corrected chi connectivity index (χ1v) is 19.3. The Morgan fingerprint density at radius 3 is 1.30 bits per heavy atom. The molecule has 0 saturated carbocycles. The van der Waals surface area contributed by atoms with Crippen molar-refractivity contribution in [2.75, 3.05) is 0 Å². The number of aryl methyl sites for hydroxylation is 1. The summed E-state index contributed by atoms with van der Waals surface area (Å²) in [6.07, 6.45) is 0. The van der Waals surface area contributed by atoms with Crippen molar-refractivity contribution in [2.45, 2.75) is 6.92 Å². The average molecular weight is 730 g/mol. The summed E-state index contributed by atoms with van der Waals surface area (Å²) in [4.78, 5) is 14.8. The van der Waals surface area contributed by atoms with Crippen LogP contribution in [0.25, 0.3) is 100 Å². The number of aromatic nitrogens is 5. The first-order chi connectivity index (χ1) is 28.2. The lowest BCUT2D eigenvalue weighted by Crippen LogP contribution is -2.00. The van der Waals surface area contributed by atoms with Gasteiger partial charge in [0.25, 0.3) is 0 Å². The van der Waals surface area contributed by atoms with Crippen molar-refractivity contribution in [1.29, 1.82) is 0 Å². The Morgan fingerprint density at radius 1 is 0.298 bits per heavy atom. The number of hydrogen-bond acceptors (Lipinski definition) is 3. The topological polar surface area (TPSA) is 48.5 Å². The summed E-state index contributed by atoms with van der Waals surface area (Å²) < 4.78 is 4.75. The molecule has 11 aromatic rings. The molecule has 3 aromatic heterocycles. The molecule has 0 aliphatic carbocycles. The van der Waals surface area contributed by atoms with Gasteiger partial charge in [-0.2, -0.15) is 0 Å². The number of hydrogen-bond donors (Lipinski definition) is 0. The van der Waals surface area contributed by atoms with E-state index in [2.05, 4.69) is 150 Å². The molecule has 5 nitrogen and oxygen atoms in total. The fraction of sp³-hybridized carbons (Fsp3) is 0.0192. The van der Waals surface area contributed by atoms with Gasteiger partial charge in [0.1, 0.15) is 0 Å². The minimum Gasteiger partial charge on any atom is -0.309 e. The Labute approximate surface area is 329 Å². The fourth-order valence-electron chi connectivity index (χ4n) is 8.25. The molecule has 0 radical (unpaired) electrons. The summed E-state index contributed by atoms with van der Waals surface area (Å²) in [6.45, 7) is 2.13. The molecule has 0 saturated heterocycles. The maximum Gasteiger partial charge on any atom is 0.164 e. The highest BCUT2D eigenvalue weighted by molar-refractivity contribution is 6.12. The molecule has 8 aromatic carbocycles. The molecule has 268 valence electrons. The van der Waals surface area contributed by atoms with E-state index in [-0.39, 0.29) is 0 Å². The minimum absolute atomic E-state index is 0.637. The SMILES string of the molecule is Cc1ccc(-n2c3ccccc3c3cc(-c4ccc5c6ccccc6n(-c6ccc(-c7nc(-c8ccccc8)nc(-c8ccccc8)n7)cc6)c5c4)ccc32)cc1. The zero-order chi connectivity index (χ0) is 37.9. The first kappa shape index (κ1) is 32.8. The van der Waals surface area contributed by atoms with Gasteiger partial charge in [0.05, 0.1) is 22.1 Å². The quantitative estimate of drug-likeness (QED) is 0.171. The lowest BCUT2D eigenvalue weighted by molar-refractivity contribution is 1.07. The van der Waals surface area contributed by atoms with Crippen molar-refractivity contribution in [2.24, 2.45) is 0 Å². The molecule has 11 rings (SSSR count). The number of para-hydroxylation sites is 2. The van der Waals surface area contributed by atoms with Gasteiger partial charge in [0.15, 0.2) is 17.5 Å². The predicted octanol–water partition coefficient (Wildman–Crippen LogP) is 13.0. The zero-order valence-corrected chi connectivity index (χ0v) is 31.2. The van der Waals surface area contributed by atoms with Crippen molar-refractivity contribution >= 4 is 43.6 Å². The smallest absolute Gasteiger partial charge is 0.164 e. The summed E-state index contributed by atoms with van der Waals surface area (Å²) in [6, 6.07) is 68.7. The largest absolute Gasteiger partial charge is 0.309 e. The second-order valence-electron chi connectivity index (χ2n) is 14.6. The van der Waals surface area contributed by atoms with Gasteiger partial charge < -0.3 is 9.13 Å². The van der Waals surface area contributed by atoms with Gasteiger partial charge in [-0.25, -0.2) is 15.0 Å². The number of rotatable bonds is 6. The highest BCUT2D eigenvalue weighted by Gasteiger charge is 2.17. The fourth-order valence-corrected chi connectivity index (χ4v) is 8.25. The van der Waals surface area contributed by atoms with Crippen LogP contribution in [0.3, 0.4) is 0 Å². The van der Waals surface area contributed by atoms with Crippen LogP contribution >= 0.6 is 0 Å². The van der Waals surface area contributed by atoms with Crippen LogP contribution in [0, 0.1) is 6.92 Å². The van der Waals surface area contributed by atoms with Crippen molar-refractivity contribution in [3.63, 3.8) is 0 Å². The number of benzene rings is 8. The molecule has 0 bridgehead atoms. The molecular formula is C52H35N5. The maximum absolute atomic E-state index is 4.97. The van der Waals surface area contributed by atoms with Crippen LogP contribution in [0.5, 0.6) is 0 Å². The van der Waals surface area contributed by atoms with E-state index in [0.717, 1.165) is 33.4 Å². The van der Waals surface area contributed by atoms with E-state index in [9.17, 15) is 0 Å². The zero-order valence-electron chi connectivity index (χ0n) is 31.2. The average Bonchev–Trinajstić information content (AvgIpc) is 3.79. The maximum atomic E-state index is 4.97. The molecule has 5 heteroatoms. The van der Waals surface area contributed by atoms with Crippen molar-refractivity contribution in [3.8, 4) is 56.7 Å². The summed E-state index contributed by atoms with van der Waals surface area (Å²) in [7, 11) is 0. The molecule has 0 atom stereocenters. The van der Waals surface area contributed by atoms with Gasteiger partial charge in [-0.3, -0.25) is 0 Å². The van der Waals surface area contributed by atoms with Gasteiger partial charge >= 0.3 is 0 Å². The summed E-state index contributed by atoms with van der Waals surface area (Å²) in [5.41, 5.74) is 13.4. The molecule has 0 N–H and O–H groups in total. The Kier molecular flexibility index (Phi) is 7.64. The van der Waals surface area contributed by atoms with Gasteiger partial charge in [-0.1, -0.05) is 133 Å². The number of nitrogens with zero attached hydrogens (tertiary/aromatic N) is 5. The van der Waals surface area contributed by atoms with E-state index in [0.29, 0.717) is 17.5 Å². The summed E-state index contributed by atoms with van der Waals surface area (Å²) >= 11 is 0. The molecule has 0 unspecified atom stereocenters. The monoisotopic (exact) mass is 729 g/mol. The molecule has 57 heavy (non-hydrogen) atoms. The van der Waals surface area contributed by atoms with Crippen LogP contribution in [0.2, 0.25) is 0 Å². The molecule has 0 aliphatic heterocycles. The minimum atomic E-state index is 0.637. The molecule has 0 fully saturated rings. The molecule has 0 amide bonds. The van der Waals surface area contributed by atoms with Crippen molar-refractivity contribution < 1.29 is 0 Å². The van der Waals surface area contributed by atoms with Gasteiger partial charge in [-0.15, -0.1) is 0 Å². The Bertz CT molecular complexity index is 3210. The third-order valence-corrected chi connectivity index (χ3v) is 11.1. The van der Waals surface area contributed by atoms with E-state index >= 15 is 0 Å². The molecule has 0 spiro atoms. The third-order valence-electron chi connectivity index (χ3n) is 11.1. The van der Waals surface area contributed by atoms with Crippen LogP contribution in [-0.4, -0.2) is 24.1 Å². The van der Waals surface area contributed by atoms with E-state index in [4.69, 9.17) is 15.0 Å². The molecule has 3 heterocycles. The lowest BCUT2D eigenvalue weighted by atomic mass is 10.0. The van der Waals surface area contributed by atoms with Crippen molar-refractivity contribution in [3.05, 3.63) is 200 Å². The normalized spacial score (nSPS) is 11.6. The Balaban J connectivity index is 1.03. The number of fused-ring (bicyclic) bond motifs is 6. The van der Waals surface area contributed by atoms with Crippen LogP contribution in [0.15, 0.2) is 194 Å². The van der Waals surface area contributed by atoms with Crippen LogP contribution < -0.4 is 0 Å². The van der Waals surface area contributed by atoms with E-state index in [1.165, 1.54) is 55.0 Å². The lowest BCUT2D eigenvalue weighted by Gasteiger charge is -2.11. The highest BCUT2D eigenvalue weighted by atomic mass is 15.0. The van der Waals surface area contributed by atoms with Gasteiger partial charge in [-0.05, 0) is 84.8 Å². The van der Waals surface area contributed by atoms with Crippen LogP contribution in [0.1, 0.15) is 5.56 Å². The van der Waals surface area contributed by atoms with E-state index in [1.807, 2.05) is 60.7 Å². The molecule has 0 aliphatic rings. The van der Waals surface area contributed by atoms with Crippen LogP contribution in [0.4, 0.5) is 0 Å². The van der Waals surface area contributed by atoms with Crippen molar-refractivity contribution in [1.82, 2.24) is 24.1 Å². The summed E-state index contributed by atoms with van der Waals surface area (Å²) in [5.74, 6) is 1.94. The summed E-state index contributed by atoms with van der Waals surface area (Å²) in [5, 5.41) is 4.92. The highest BCUT2D eigenvalue weighted by Crippen LogP contribution is 2.38. The predicted molar refractivity (Wildman–Crippen MR) is 235 cm³/mol. The first-order valence-electron chi connectivity index (χ1n) is 19.3. The van der Waals surface area contributed by atoms with E-state index < -0.39 is 0 Å². The Hall–Kier alpha value is -7.63. The standard InChI is InChI=1S/C52H35N5/c1-34-20-26-40(27-21-34)56-47-19-11-9-17-43(47)45-32-38(25-31-48(45)56)39-24-30-44-42-16-8-10-18-46(42)57(49(44)33-39)41-28-22-37(23-29-41)52-54-50(35-12-4-2-5-13-35)53-51(55-52)36-14-6-3-7-15-36/h2-33H,1H3. The second-order valence-corrected chi connectivity index (χ2v) is 14.6. The van der Waals surface area contributed by atoms with Gasteiger partial charge in [0.2, 0.25) is 0 Å². The molecular weight excluding hydrogens is 695 g/mol. The van der Waals surface area contributed by atoms with Crippen LogP contribution in [-0.2, 0) is 0 Å². The van der Waals surface area contributed by atoms with E-state index in [1.54, 1.807) is 0 Å². The Morgan fingerprint density at radius 2 is 0.702 bits per heavy atom. The van der Waals surface area contributed by atoms with Gasteiger partial charge in [0, 0.05) is 49.6 Å². The third kappa shape index (κ3) is 5.59. The second kappa shape index (κ2) is 13.3.